The first kappa shape index (κ1) is 22.1. The molecule has 0 aromatic heterocycles. The fourth-order valence-electron chi connectivity index (χ4n) is 2.25. The van der Waals surface area contributed by atoms with Crippen molar-refractivity contribution in [1.29, 1.82) is 0 Å². The van der Waals surface area contributed by atoms with Crippen LogP contribution in [0.1, 0.15) is 90.9 Å². The minimum Gasteiger partial charge on any atom is -0.287 e. The summed E-state index contributed by atoms with van der Waals surface area (Å²) in [5, 5.41) is 0. The Labute approximate surface area is 137 Å². The first-order valence-corrected chi connectivity index (χ1v) is 9.86. The maximum absolute atomic E-state index is 11.8. The molecule has 0 aliphatic rings. The van der Waals surface area contributed by atoms with Crippen LogP contribution < -0.4 is 0 Å². The van der Waals surface area contributed by atoms with E-state index in [1.54, 1.807) is 0 Å². The molecule has 3 heteroatoms. The largest absolute Gasteiger partial charge is 0.287 e. The fourth-order valence-corrected chi connectivity index (χ4v) is 3.63. The van der Waals surface area contributed by atoms with Crippen molar-refractivity contribution in [2.45, 2.75) is 90.9 Å². The van der Waals surface area contributed by atoms with Crippen LogP contribution in [0, 0.1) is 0 Å². The van der Waals surface area contributed by atoms with Crippen LogP contribution in [-0.2, 0) is 26.3 Å². The molecule has 0 atom stereocenters. The van der Waals surface area contributed by atoms with Gasteiger partial charge in [-0.3, -0.25) is 4.57 Å². The fraction of sp³-hybridized carbons (Fsp3) is 1.00. The monoisotopic (exact) mass is 321 g/mol. The van der Waals surface area contributed by atoms with E-state index in [0.717, 1.165) is 12.3 Å². The Morgan fingerprint density at radius 2 is 0.895 bits per heavy atom. The van der Waals surface area contributed by atoms with Crippen LogP contribution in [0.15, 0.2) is 0 Å². The first-order valence-electron chi connectivity index (χ1n) is 8.23. The van der Waals surface area contributed by atoms with Crippen LogP contribution >= 0.6 is 7.80 Å². The minimum absolute atomic E-state index is 0. The normalized spacial score (nSPS) is 10.2. The standard InChI is InChI=1S/C16H34OP.Ti/c1-3-5-7-9-11-13-15-18(17)16-14-12-10-8-6-4-2;/h3-16H2,1-2H3;. The first-order chi connectivity index (χ1) is 8.81. The molecule has 0 aromatic carbocycles. The Balaban J connectivity index is 0. The van der Waals surface area contributed by atoms with E-state index in [2.05, 4.69) is 13.8 Å². The van der Waals surface area contributed by atoms with Gasteiger partial charge in [0.2, 0.25) is 0 Å². The van der Waals surface area contributed by atoms with E-state index < -0.39 is 7.80 Å². The van der Waals surface area contributed by atoms with Gasteiger partial charge in [-0.1, -0.05) is 78.1 Å². The quantitative estimate of drug-likeness (QED) is 0.202. The zero-order chi connectivity index (χ0) is 13.5. The molecule has 0 aromatic rings. The third-order valence-electron chi connectivity index (χ3n) is 3.52. The number of rotatable bonds is 14. The molecule has 0 saturated heterocycles. The van der Waals surface area contributed by atoms with Crippen LogP contribution in [0.2, 0.25) is 0 Å². The predicted molar refractivity (Wildman–Crippen MR) is 84.1 cm³/mol. The third kappa shape index (κ3) is 18.8. The molecule has 19 heavy (non-hydrogen) atoms. The zero-order valence-electron chi connectivity index (χ0n) is 13.3. The van der Waals surface area contributed by atoms with Gasteiger partial charge in [-0.25, -0.2) is 0 Å². The maximum atomic E-state index is 11.8. The van der Waals surface area contributed by atoms with Crippen molar-refractivity contribution in [3.05, 3.63) is 0 Å². The SMILES string of the molecule is CCCCCCCC[P](=O)CCCCCCCC.[Ti]. The Bertz CT molecular complexity index is 168. The molecular formula is C16H34OPTi. The van der Waals surface area contributed by atoms with Gasteiger partial charge in [0, 0.05) is 34.0 Å². The Morgan fingerprint density at radius 3 is 1.26 bits per heavy atom. The van der Waals surface area contributed by atoms with Gasteiger partial charge in [-0.15, -0.1) is 0 Å². The van der Waals surface area contributed by atoms with E-state index in [4.69, 9.17) is 0 Å². The third-order valence-corrected chi connectivity index (χ3v) is 5.15. The zero-order valence-corrected chi connectivity index (χ0v) is 15.7. The number of unbranched alkanes of at least 4 members (excludes halogenated alkanes) is 10. The van der Waals surface area contributed by atoms with Gasteiger partial charge < -0.3 is 0 Å². The molecule has 0 amide bonds. The molecule has 0 N–H and O–H groups in total. The van der Waals surface area contributed by atoms with E-state index in [1.165, 1.54) is 77.0 Å². The average molecular weight is 321 g/mol. The van der Waals surface area contributed by atoms with E-state index in [-0.39, 0.29) is 21.7 Å². The Morgan fingerprint density at radius 1 is 0.579 bits per heavy atom. The Kier molecular flexibility index (Phi) is 21.9. The van der Waals surface area contributed by atoms with Gasteiger partial charge in [0.25, 0.3) is 0 Å². The molecule has 0 fully saturated rings. The van der Waals surface area contributed by atoms with Gasteiger partial charge in [-0.2, -0.15) is 0 Å². The van der Waals surface area contributed by atoms with Crippen molar-refractivity contribution < 1.29 is 26.3 Å². The molecule has 0 saturated carbocycles. The summed E-state index contributed by atoms with van der Waals surface area (Å²) in [5.74, 6) is 0. The average Bonchev–Trinajstić information content (AvgIpc) is 2.38. The summed E-state index contributed by atoms with van der Waals surface area (Å²) in [6.07, 6.45) is 17.7. The molecule has 0 aliphatic carbocycles. The van der Waals surface area contributed by atoms with Crippen LogP contribution in [-0.4, -0.2) is 12.3 Å². The second kappa shape index (κ2) is 18.8. The van der Waals surface area contributed by atoms with Gasteiger partial charge in [0.05, 0.1) is 7.80 Å². The molecule has 0 unspecified atom stereocenters. The summed E-state index contributed by atoms with van der Waals surface area (Å²) in [4.78, 5) is 0. The van der Waals surface area contributed by atoms with Crippen molar-refractivity contribution in [3.63, 3.8) is 0 Å². The van der Waals surface area contributed by atoms with E-state index in [0.29, 0.717) is 0 Å². The molecule has 1 radical (unpaired) electrons. The van der Waals surface area contributed by atoms with Crippen molar-refractivity contribution in [1.82, 2.24) is 0 Å². The topological polar surface area (TPSA) is 17.1 Å². The summed E-state index contributed by atoms with van der Waals surface area (Å²) < 4.78 is 11.8. The van der Waals surface area contributed by atoms with Gasteiger partial charge in [0.15, 0.2) is 0 Å². The van der Waals surface area contributed by atoms with Crippen molar-refractivity contribution in [2.75, 3.05) is 12.3 Å². The number of hydrogen-bond donors (Lipinski definition) is 0. The summed E-state index contributed by atoms with van der Waals surface area (Å²) >= 11 is 0. The van der Waals surface area contributed by atoms with Gasteiger partial charge >= 0.3 is 0 Å². The van der Waals surface area contributed by atoms with Crippen LogP contribution in [0.25, 0.3) is 0 Å². The maximum Gasteiger partial charge on any atom is 0.0718 e. The van der Waals surface area contributed by atoms with Gasteiger partial charge in [-0.05, 0) is 12.8 Å². The van der Waals surface area contributed by atoms with E-state index >= 15 is 0 Å². The minimum atomic E-state index is -0.880. The van der Waals surface area contributed by atoms with E-state index in [9.17, 15) is 4.57 Å². The molecule has 0 aliphatic heterocycles. The molecule has 1 nitrogen and oxygen atoms in total. The summed E-state index contributed by atoms with van der Waals surface area (Å²) in [6.45, 7) is 4.49. The van der Waals surface area contributed by atoms with Crippen LogP contribution in [0.3, 0.4) is 0 Å². The molecule has 0 rings (SSSR count). The molecular weight excluding hydrogens is 287 g/mol. The molecule has 0 heterocycles. The summed E-state index contributed by atoms with van der Waals surface area (Å²) in [6, 6.07) is 0. The Hall–Kier alpha value is 0.814. The molecule has 0 bridgehead atoms. The molecule has 113 valence electrons. The second-order valence-electron chi connectivity index (χ2n) is 5.46. The number of hydrogen-bond acceptors (Lipinski definition) is 1. The summed E-state index contributed by atoms with van der Waals surface area (Å²) in [7, 11) is -0.880. The van der Waals surface area contributed by atoms with Crippen LogP contribution in [0.5, 0.6) is 0 Å². The van der Waals surface area contributed by atoms with Crippen LogP contribution in [0.4, 0.5) is 0 Å². The summed E-state index contributed by atoms with van der Waals surface area (Å²) in [5.41, 5.74) is 0. The van der Waals surface area contributed by atoms with Gasteiger partial charge in [0.1, 0.15) is 0 Å². The predicted octanol–water partition coefficient (Wildman–Crippen LogP) is 6.53. The smallest absolute Gasteiger partial charge is 0.0718 e. The van der Waals surface area contributed by atoms with E-state index in [1.807, 2.05) is 0 Å². The van der Waals surface area contributed by atoms with Crippen molar-refractivity contribution in [2.24, 2.45) is 0 Å². The second-order valence-corrected chi connectivity index (χ2v) is 7.32. The molecule has 0 spiro atoms. The van der Waals surface area contributed by atoms with Crippen molar-refractivity contribution in [3.8, 4) is 0 Å². The van der Waals surface area contributed by atoms with Crippen molar-refractivity contribution >= 4 is 7.80 Å².